The van der Waals surface area contributed by atoms with Crippen molar-refractivity contribution in [3.63, 3.8) is 0 Å². The molecule has 1 aliphatic rings. The molecule has 0 radical (unpaired) electrons. The molecule has 1 heterocycles. The fourth-order valence-electron chi connectivity index (χ4n) is 4.08. The van der Waals surface area contributed by atoms with Gasteiger partial charge in [0.15, 0.2) is 0 Å². The Morgan fingerprint density at radius 1 is 0.609 bits per heavy atom. The van der Waals surface area contributed by atoms with Crippen LogP contribution in [0.1, 0.15) is 52.7 Å². The van der Waals surface area contributed by atoms with Crippen LogP contribution in [0.2, 0.25) is 13.1 Å². The third-order valence-corrected chi connectivity index (χ3v) is 8.87. The van der Waals surface area contributed by atoms with Crippen molar-refractivity contribution in [2.75, 3.05) is 0 Å². The van der Waals surface area contributed by atoms with Gasteiger partial charge in [0.05, 0.1) is 0 Å². The van der Waals surface area contributed by atoms with E-state index in [9.17, 15) is 0 Å². The predicted molar refractivity (Wildman–Crippen MR) is 106 cm³/mol. The molecule has 0 saturated carbocycles. The van der Waals surface area contributed by atoms with Crippen molar-refractivity contribution < 1.29 is 0 Å². The zero-order valence-corrected chi connectivity index (χ0v) is 17.0. The summed E-state index contributed by atoms with van der Waals surface area (Å²) >= 11 is 0. The van der Waals surface area contributed by atoms with Crippen LogP contribution in [0.15, 0.2) is 36.4 Å². The Morgan fingerprint density at radius 2 is 0.957 bits per heavy atom. The topological polar surface area (TPSA) is 0 Å². The lowest BCUT2D eigenvalue weighted by molar-refractivity contribution is 0.586. The van der Waals surface area contributed by atoms with Crippen LogP contribution in [0, 0.1) is 0 Å². The zero-order valence-electron chi connectivity index (χ0n) is 16.0. The second kappa shape index (κ2) is 4.83. The Kier molecular flexibility index (Phi) is 3.47. The van der Waals surface area contributed by atoms with E-state index in [-0.39, 0.29) is 10.8 Å². The standard InChI is InChI=1S/C22H30Si/c1-21(2,3)15-11-9-13-17-19(15)20-16(22(4,5)6)12-10-14-18(20)23(17,7)8/h9-14H,1-8H3. The van der Waals surface area contributed by atoms with Gasteiger partial charge in [-0.3, -0.25) is 0 Å². The Bertz CT molecular complexity index is 702. The molecule has 23 heavy (non-hydrogen) atoms. The van der Waals surface area contributed by atoms with Gasteiger partial charge in [0, 0.05) is 0 Å². The summed E-state index contributed by atoms with van der Waals surface area (Å²) in [7, 11) is -1.60. The van der Waals surface area contributed by atoms with Crippen LogP contribution < -0.4 is 10.4 Å². The van der Waals surface area contributed by atoms with Gasteiger partial charge in [0.1, 0.15) is 8.07 Å². The lowest BCUT2D eigenvalue weighted by Crippen LogP contribution is -2.49. The number of hydrogen-bond acceptors (Lipinski definition) is 0. The Hall–Kier alpha value is -1.34. The van der Waals surface area contributed by atoms with Crippen LogP contribution in [0.4, 0.5) is 0 Å². The molecule has 3 rings (SSSR count). The molecular formula is C22H30Si. The van der Waals surface area contributed by atoms with Crippen LogP contribution in [-0.4, -0.2) is 8.07 Å². The molecule has 0 bridgehead atoms. The minimum atomic E-state index is -1.60. The Balaban J connectivity index is 2.48. The van der Waals surface area contributed by atoms with E-state index in [1.54, 1.807) is 21.5 Å². The molecule has 1 aliphatic heterocycles. The second-order valence-corrected chi connectivity index (χ2v) is 13.9. The van der Waals surface area contributed by atoms with E-state index in [4.69, 9.17) is 0 Å². The van der Waals surface area contributed by atoms with Gasteiger partial charge in [0.2, 0.25) is 0 Å². The summed E-state index contributed by atoms with van der Waals surface area (Å²) in [5.74, 6) is 0. The fraction of sp³-hybridized carbons (Fsp3) is 0.455. The highest BCUT2D eigenvalue weighted by atomic mass is 28.3. The van der Waals surface area contributed by atoms with Gasteiger partial charge in [-0.05, 0) is 43.5 Å². The van der Waals surface area contributed by atoms with E-state index in [1.165, 1.54) is 11.1 Å². The van der Waals surface area contributed by atoms with E-state index in [2.05, 4.69) is 91.0 Å². The van der Waals surface area contributed by atoms with Gasteiger partial charge in [-0.2, -0.15) is 0 Å². The first-order chi connectivity index (χ1) is 10.5. The normalized spacial score (nSPS) is 16.2. The highest BCUT2D eigenvalue weighted by molar-refractivity contribution is 7.03. The Labute approximate surface area is 143 Å². The molecule has 0 amide bonds. The minimum absolute atomic E-state index is 0.169. The van der Waals surface area contributed by atoms with Gasteiger partial charge in [-0.25, -0.2) is 0 Å². The third kappa shape index (κ3) is 2.41. The average Bonchev–Trinajstić information content (AvgIpc) is 2.66. The molecule has 0 spiro atoms. The van der Waals surface area contributed by atoms with Crippen molar-refractivity contribution in [1.29, 1.82) is 0 Å². The monoisotopic (exact) mass is 322 g/mol. The fourth-order valence-corrected chi connectivity index (χ4v) is 7.17. The molecule has 0 fully saturated rings. The van der Waals surface area contributed by atoms with Crippen molar-refractivity contribution in [1.82, 2.24) is 0 Å². The van der Waals surface area contributed by atoms with E-state index >= 15 is 0 Å². The minimum Gasteiger partial charge on any atom is -0.0620 e. The maximum Gasteiger partial charge on any atom is 0.113 e. The number of benzene rings is 2. The number of rotatable bonds is 0. The number of hydrogen-bond donors (Lipinski definition) is 0. The smallest absolute Gasteiger partial charge is 0.0620 e. The van der Waals surface area contributed by atoms with Crippen molar-refractivity contribution in [2.24, 2.45) is 0 Å². The van der Waals surface area contributed by atoms with Gasteiger partial charge in [-0.15, -0.1) is 0 Å². The summed E-state index contributed by atoms with van der Waals surface area (Å²) in [4.78, 5) is 0. The van der Waals surface area contributed by atoms with Crippen LogP contribution in [0.5, 0.6) is 0 Å². The summed E-state index contributed by atoms with van der Waals surface area (Å²) in [6.07, 6.45) is 0. The summed E-state index contributed by atoms with van der Waals surface area (Å²) in [6, 6.07) is 14.0. The molecule has 0 aromatic heterocycles. The summed E-state index contributed by atoms with van der Waals surface area (Å²) in [5.41, 5.74) is 6.46. The molecular weight excluding hydrogens is 292 g/mol. The predicted octanol–water partition coefficient (Wildman–Crippen LogP) is 5.08. The summed E-state index contributed by atoms with van der Waals surface area (Å²) in [5, 5.41) is 3.24. The van der Waals surface area contributed by atoms with E-state index < -0.39 is 8.07 Å². The lowest BCUT2D eigenvalue weighted by Gasteiger charge is -2.27. The molecule has 2 aromatic rings. The van der Waals surface area contributed by atoms with Gasteiger partial charge >= 0.3 is 0 Å². The van der Waals surface area contributed by atoms with Crippen molar-refractivity contribution >= 4 is 18.4 Å². The third-order valence-electron chi connectivity index (χ3n) is 5.34. The van der Waals surface area contributed by atoms with E-state index in [0.29, 0.717) is 0 Å². The first kappa shape index (κ1) is 16.5. The number of fused-ring (bicyclic) bond motifs is 3. The first-order valence-electron chi connectivity index (χ1n) is 8.74. The zero-order chi connectivity index (χ0) is 17.2. The molecule has 1 heteroatoms. The second-order valence-electron chi connectivity index (χ2n) is 9.58. The van der Waals surface area contributed by atoms with Crippen molar-refractivity contribution in [2.45, 2.75) is 65.5 Å². The van der Waals surface area contributed by atoms with E-state index in [1.807, 2.05) is 0 Å². The van der Waals surface area contributed by atoms with Gasteiger partial charge in [0.25, 0.3) is 0 Å². The largest absolute Gasteiger partial charge is 0.113 e. The molecule has 0 aliphatic carbocycles. The average molecular weight is 323 g/mol. The van der Waals surface area contributed by atoms with Crippen LogP contribution in [0.25, 0.3) is 11.1 Å². The highest BCUT2D eigenvalue weighted by Gasteiger charge is 2.42. The van der Waals surface area contributed by atoms with Crippen LogP contribution >= 0.6 is 0 Å². The maximum atomic E-state index is 2.51. The van der Waals surface area contributed by atoms with Crippen molar-refractivity contribution in [3.05, 3.63) is 47.5 Å². The quantitative estimate of drug-likeness (QED) is 0.593. The SMILES string of the molecule is CC(C)(C)c1cccc2c1-c1c(C(C)(C)C)cccc1[Si]2(C)C. The molecule has 0 saturated heterocycles. The molecule has 2 aromatic carbocycles. The summed E-state index contributed by atoms with van der Waals surface area (Å²) in [6.45, 7) is 19.1. The van der Waals surface area contributed by atoms with Gasteiger partial charge < -0.3 is 0 Å². The van der Waals surface area contributed by atoms with E-state index in [0.717, 1.165) is 0 Å². The molecule has 0 N–H and O–H groups in total. The molecule has 122 valence electrons. The van der Waals surface area contributed by atoms with Crippen molar-refractivity contribution in [3.8, 4) is 11.1 Å². The molecule has 0 atom stereocenters. The summed E-state index contributed by atoms with van der Waals surface area (Å²) < 4.78 is 0. The van der Waals surface area contributed by atoms with Gasteiger partial charge in [-0.1, -0.05) is 91.0 Å². The van der Waals surface area contributed by atoms with Crippen LogP contribution in [0.3, 0.4) is 0 Å². The molecule has 0 nitrogen and oxygen atoms in total. The maximum absolute atomic E-state index is 2.51. The van der Waals surface area contributed by atoms with Crippen LogP contribution in [-0.2, 0) is 10.8 Å². The molecule has 0 unspecified atom stereocenters. The Morgan fingerprint density at radius 3 is 1.26 bits per heavy atom. The first-order valence-corrected chi connectivity index (χ1v) is 11.7. The lowest BCUT2D eigenvalue weighted by atomic mass is 9.77. The highest BCUT2D eigenvalue weighted by Crippen LogP contribution is 2.41.